The lowest BCUT2D eigenvalue weighted by Gasteiger charge is -2.13. The molecule has 8 heteroatoms. The van der Waals surface area contributed by atoms with Gasteiger partial charge in [0.2, 0.25) is 10.0 Å². The molecule has 7 nitrogen and oxygen atoms in total. The van der Waals surface area contributed by atoms with Gasteiger partial charge in [0, 0.05) is 24.6 Å². The Morgan fingerprint density at radius 1 is 1.40 bits per heavy atom. The maximum absolute atomic E-state index is 12.2. The predicted octanol–water partition coefficient (Wildman–Crippen LogP) is 0.172. The number of nitrogens with one attached hydrogen (secondary N) is 2. The molecule has 0 aliphatic heterocycles. The molecule has 1 fully saturated rings. The first-order valence-corrected chi connectivity index (χ1v) is 7.66. The molecule has 1 aliphatic carbocycles. The summed E-state index contributed by atoms with van der Waals surface area (Å²) < 4.78 is 31.6. The van der Waals surface area contributed by atoms with Gasteiger partial charge in [-0.15, -0.1) is 0 Å². The quantitative estimate of drug-likeness (QED) is 0.728. The fourth-order valence-corrected chi connectivity index (χ4v) is 3.16. The fraction of sp³-hybridized carbons (Fsp3) is 0.417. The molecule has 1 aliphatic rings. The number of aliphatic hydroxyl groups excluding tert-OH is 1. The van der Waals surface area contributed by atoms with Crippen LogP contribution in [-0.2, 0) is 10.0 Å². The maximum atomic E-state index is 12.2. The van der Waals surface area contributed by atoms with Crippen molar-refractivity contribution < 1.29 is 17.9 Å². The highest BCUT2D eigenvalue weighted by atomic mass is 32.2. The Morgan fingerprint density at radius 3 is 2.80 bits per heavy atom. The summed E-state index contributed by atoms with van der Waals surface area (Å²) in [4.78, 5) is 13.5. The number of hydrogen-bond acceptors (Lipinski definition) is 5. The third-order valence-electron chi connectivity index (χ3n) is 3.63. The molecule has 3 N–H and O–H groups in total. The number of hydrogen-bond donors (Lipinski definition) is 3. The molecule has 0 amide bonds. The Labute approximate surface area is 114 Å². The SMILES string of the molecule is O=c1[nH]c2ccc(S(=O)(=O)NCC3(CO)CC3)cc2o1. The molecule has 0 atom stereocenters. The molecular formula is C12H14N2O5S. The molecule has 1 aromatic carbocycles. The number of aliphatic hydroxyl groups is 1. The summed E-state index contributed by atoms with van der Waals surface area (Å²) in [6.07, 6.45) is 1.63. The van der Waals surface area contributed by atoms with E-state index >= 15 is 0 Å². The van der Waals surface area contributed by atoms with E-state index in [4.69, 9.17) is 4.42 Å². The van der Waals surface area contributed by atoms with Crippen LogP contribution in [0.15, 0.2) is 32.3 Å². The molecule has 20 heavy (non-hydrogen) atoms. The second kappa shape index (κ2) is 4.44. The first kappa shape index (κ1) is 13.3. The summed E-state index contributed by atoms with van der Waals surface area (Å²) >= 11 is 0. The molecule has 2 aromatic rings. The number of aromatic amines is 1. The number of aromatic nitrogens is 1. The minimum absolute atomic E-state index is 0.0265. The minimum Gasteiger partial charge on any atom is -0.408 e. The molecule has 0 bridgehead atoms. The van der Waals surface area contributed by atoms with E-state index in [1.54, 1.807) is 0 Å². The van der Waals surface area contributed by atoms with Gasteiger partial charge in [0.25, 0.3) is 0 Å². The zero-order valence-corrected chi connectivity index (χ0v) is 11.4. The van der Waals surface area contributed by atoms with Gasteiger partial charge in [0.15, 0.2) is 5.58 Å². The van der Waals surface area contributed by atoms with E-state index in [1.807, 2.05) is 0 Å². The molecule has 108 valence electrons. The van der Waals surface area contributed by atoms with Crippen LogP contribution in [0.25, 0.3) is 11.1 Å². The second-order valence-electron chi connectivity index (χ2n) is 5.16. The zero-order valence-electron chi connectivity index (χ0n) is 10.5. The Kier molecular flexibility index (Phi) is 2.96. The van der Waals surface area contributed by atoms with Gasteiger partial charge in [-0.25, -0.2) is 17.9 Å². The van der Waals surface area contributed by atoms with E-state index in [0.29, 0.717) is 5.52 Å². The monoisotopic (exact) mass is 298 g/mol. The van der Waals surface area contributed by atoms with Gasteiger partial charge in [0.05, 0.1) is 10.4 Å². The number of rotatable bonds is 5. The van der Waals surface area contributed by atoms with E-state index in [-0.39, 0.29) is 29.0 Å². The lowest BCUT2D eigenvalue weighted by Crippen LogP contribution is -2.31. The van der Waals surface area contributed by atoms with Crippen LogP contribution in [-0.4, -0.2) is 31.7 Å². The van der Waals surface area contributed by atoms with Crippen molar-refractivity contribution in [1.82, 2.24) is 9.71 Å². The predicted molar refractivity (Wildman–Crippen MR) is 70.8 cm³/mol. The van der Waals surface area contributed by atoms with Crippen molar-refractivity contribution in [2.24, 2.45) is 5.41 Å². The third kappa shape index (κ3) is 2.37. The molecule has 0 unspecified atom stereocenters. The van der Waals surface area contributed by atoms with Crippen molar-refractivity contribution in [3.05, 3.63) is 28.7 Å². The van der Waals surface area contributed by atoms with Gasteiger partial charge in [-0.2, -0.15) is 0 Å². The van der Waals surface area contributed by atoms with E-state index in [0.717, 1.165) is 12.8 Å². The number of benzene rings is 1. The Balaban J connectivity index is 1.86. The van der Waals surface area contributed by atoms with Gasteiger partial charge < -0.3 is 9.52 Å². The number of fused-ring (bicyclic) bond motifs is 1. The van der Waals surface area contributed by atoms with E-state index in [9.17, 15) is 18.3 Å². The average molecular weight is 298 g/mol. The molecule has 0 radical (unpaired) electrons. The van der Waals surface area contributed by atoms with Crippen LogP contribution in [0.3, 0.4) is 0 Å². The summed E-state index contributed by atoms with van der Waals surface area (Å²) in [6.45, 7) is 0.183. The highest BCUT2D eigenvalue weighted by molar-refractivity contribution is 7.89. The molecule has 3 rings (SSSR count). The summed E-state index contributed by atoms with van der Waals surface area (Å²) in [7, 11) is -3.68. The highest BCUT2D eigenvalue weighted by Gasteiger charge is 2.42. The minimum atomic E-state index is -3.68. The maximum Gasteiger partial charge on any atom is 0.417 e. The van der Waals surface area contributed by atoms with Crippen molar-refractivity contribution in [2.45, 2.75) is 17.7 Å². The molecule has 1 saturated carbocycles. The summed E-state index contributed by atoms with van der Waals surface area (Å²) in [6, 6.07) is 4.18. The van der Waals surface area contributed by atoms with E-state index < -0.39 is 15.8 Å². The van der Waals surface area contributed by atoms with Crippen LogP contribution >= 0.6 is 0 Å². The smallest absolute Gasteiger partial charge is 0.408 e. The summed E-state index contributed by atoms with van der Waals surface area (Å²) in [5.41, 5.74) is 0.335. The normalized spacial score (nSPS) is 17.4. The van der Waals surface area contributed by atoms with Crippen LogP contribution in [0.4, 0.5) is 0 Å². The second-order valence-corrected chi connectivity index (χ2v) is 6.92. The Hall–Kier alpha value is -1.64. The van der Waals surface area contributed by atoms with Crippen molar-refractivity contribution in [3.63, 3.8) is 0 Å². The zero-order chi connectivity index (χ0) is 14.4. The van der Waals surface area contributed by atoms with Gasteiger partial charge >= 0.3 is 5.76 Å². The molecule has 0 spiro atoms. The first-order chi connectivity index (χ1) is 9.44. The van der Waals surface area contributed by atoms with Gasteiger partial charge in [-0.1, -0.05) is 0 Å². The lowest BCUT2D eigenvalue weighted by molar-refractivity contribution is 0.213. The van der Waals surface area contributed by atoms with Gasteiger partial charge in [-0.3, -0.25) is 4.98 Å². The highest BCUT2D eigenvalue weighted by Crippen LogP contribution is 2.44. The number of sulfonamides is 1. The van der Waals surface area contributed by atoms with E-state index in [2.05, 4.69) is 9.71 Å². The van der Waals surface area contributed by atoms with Crippen molar-refractivity contribution in [2.75, 3.05) is 13.2 Å². The standard InChI is InChI=1S/C12H14N2O5S/c15-7-12(3-4-12)6-13-20(17,18)8-1-2-9-10(5-8)19-11(16)14-9/h1-2,5,13,15H,3-4,6-7H2,(H,14,16). The van der Waals surface area contributed by atoms with Gasteiger partial charge in [0.1, 0.15) is 0 Å². The fourth-order valence-electron chi connectivity index (χ4n) is 1.99. The number of H-pyrrole nitrogens is 1. The summed E-state index contributed by atoms with van der Waals surface area (Å²) in [5, 5.41) is 9.18. The van der Waals surface area contributed by atoms with Crippen LogP contribution in [0.1, 0.15) is 12.8 Å². The molecule has 1 aromatic heterocycles. The van der Waals surface area contributed by atoms with Crippen LogP contribution < -0.4 is 10.5 Å². The molecule has 0 saturated heterocycles. The molecule has 1 heterocycles. The first-order valence-electron chi connectivity index (χ1n) is 6.18. The topological polar surface area (TPSA) is 112 Å². The number of oxazole rings is 1. The average Bonchev–Trinajstić information content (AvgIpc) is 3.10. The summed E-state index contributed by atoms with van der Waals surface area (Å²) in [5.74, 6) is -0.625. The van der Waals surface area contributed by atoms with Crippen LogP contribution in [0.5, 0.6) is 0 Å². The Morgan fingerprint density at radius 2 is 2.15 bits per heavy atom. The lowest BCUT2D eigenvalue weighted by atomic mass is 10.1. The largest absolute Gasteiger partial charge is 0.417 e. The van der Waals surface area contributed by atoms with Gasteiger partial charge in [-0.05, 0) is 25.0 Å². The van der Waals surface area contributed by atoms with Crippen molar-refractivity contribution in [1.29, 1.82) is 0 Å². The van der Waals surface area contributed by atoms with Crippen molar-refractivity contribution in [3.8, 4) is 0 Å². The van der Waals surface area contributed by atoms with E-state index in [1.165, 1.54) is 18.2 Å². The van der Waals surface area contributed by atoms with Crippen LogP contribution in [0, 0.1) is 5.41 Å². The Bertz CT molecular complexity index is 801. The van der Waals surface area contributed by atoms with Crippen molar-refractivity contribution >= 4 is 21.1 Å². The molecular weight excluding hydrogens is 284 g/mol. The van der Waals surface area contributed by atoms with Crippen LogP contribution in [0.2, 0.25) is 0 Å². The third-order valence-corrected chi connectivity index (χ3v) is 5.03.